The average molecular weight is 440 g/mol. The fourth-order valence-electron chi connectivity index (χ4n) is 2.80. The van der Waals surface area contributed by atoms with Crippen molar-refractivity contribution in [2.24, 2.45) is 7.05 Å². The molecular formula is C19H25N3O5S2. The van der Waals surface area contributed by atoms with Gasteiger partial charge in [0.05, 0.1) is 17.0 Å². The largest absolute Gasteiger partial charge is 0.462 e. The van der Waals surface area contributed by atoms with Crippen LogP contribution in [0, 0.1) is 13.8 Å². The molecule has 2 heterocycles. The number of carbonyl (C=O) groups is 3. The minimum absolute atomic E-state index is 0.167. The SMILES string of the molecule is CCOC(=O)c1c(NC(=O)c2sc(=O)n(C)c2C)sc(C(=O)N(CC)CC)c1C. The van der Waals surface area contributed by atoms with E-state index in [-0.39, 0.29) is 32.8 Å². The molecule has 2 amide bonds. The number of hydrogen-bond donors (Lipinski definition) is 1. The molecule has 0 saturated heterocycles. The van der Waals surface area contributed by atoms with Gasteiger partial charge in [0.2, 0.25) is 0 Å². The number of ether oxygens (including phenoxy) is 1. The number of thiazole rings is 1. The second-order valence-electron chi connectivity index (χ2n) is 6.25. The number of anilines is 1. The van der Waals surface area contributed by atoms with Crippen LogP contribution in [0.1, 0.15) is 61.7 Å². The van der Waals surface area contributed by atoms with E-state index in [1.807, 2.05) is 13.8 Å². The maximum atomic E-state index is 12.9. The van der Waals surface area contributed by atoms with E-state index in [1.54, 1.807) is 32.7 Å². The van der Waals surface area contributed by atoms with Crippen LogP contribution in [0.4, 0.5) is 5.00 Å². The molecule has 2 aromatic heterocycles. The summed E-state index contributed by atoms with van der Waals surface area (Å²) in [5.41, 5.74) is 1.17. The van der Waals surface area contributed by atoms with Crippen LogP contribution in [-0.4, -0.2) is 46.9 Å². The van der Waals surface area contributed by atoms with Crippen LogP contribution < -0.4 is 10.2 Å². The van der Waals surface area contributed by atoms with Crippen LogP contribution in [0.3, 0.4) is 0 Å². The second kappa shape index (κ2) is 9.36. The summed E-state index contributed by atoms with van der Waals surface area (Å²) in [6.07, 6.45) is 0. The Morgan fingerprint density at radius 1 is 1.07 bits per heavy atom. The highest BCUT2D eigenvalue weighted by atomic mass is 32.1. The minimum Gasteiger partial charge on any atom is -0.462 e. The van der Waals surface area contributed by atoms with Gasteiger partial charge in [-0.15, -0.1) is 11.3 Å². The van der Waals surface area contributed by atoms with Crippen LogP contribution in [0.2, 0.25) is 0 Å². The van der Waals surface area contributed by atoms with Crippen molar-refractivity contribution in [3.63, 3.8) is 0 Å². The molecule has 29 heavy (non-hydrogen) atoms. The van der Waals surface area contributed by atoms with Crippen LogP contribution in [0.15, 0.2) is 4.79 Å². The molecule has 0 spiro atoms. The first kappa shape index (κ1) is 22.8. The molecule has 0 aliphatic heterocycles. The highest BCUT2D eigenvalue weighted by Gasteiger charge is 2.29. The zero-order valence-corrected chi connectivity index (χ0v) is 19.0. The standard InChI is InChI=1S/C19H25N3O5S2/c1-7-22(8-2)17(24)13-10(4)12(18(25)27-9-3)16(28-13)20-15(23)14-11(5)21(6)19(26)29-14/h7-9H2,1-6H3,(H,20,23). The number of nitrogens with zero attached hydrogens (tertiary/aromatic N) is 2. The van der Waals surface area contributed by atoms with Crippen molar-refractivity contribution >= 4 is 45.5 Å². The number of amides is 2. The van der Waals surface area contributed by atoms with Gasteiger partial charge in [-0.1, -0.05) is 11.3 Å². The smallest absolute Gasteiger partial charge is 0.341 e. The Labute approximate surface area is 177 Å². The fourth-order valence-corrected chi connectivity index (χ4v) is 4.83. The van der Waals surface area contributed by atoms with Crippen molar-refractivity contribution in [3.05, 3.63) is 36.2 Å². The lowest BCUT2D eigenvalue weighted by molar-refractivity contribution is 0.0527. The first-order valence-electron chi connectivity index (χ1n) is 9.25. The summed E-state index contributed by atoms with van der Waals surface area (Å²) in [6, 6.07) is 0. The van der Waals surface area contributed by atoms with E-state index in [0.29, 0.717) is 29.2 Å². The Morgan fingerprint density at radius 2 is 1.69 bits per heavy atom. The van der Waals surface area contributed by atoms with Crippen molar-refractivity contribution in [1.82, 2.24) is 9.47 Å². The first-order valence-corrected chi connectivity index (χ1v) is 10.9. The molecule has 0 bridgehead atoms. The summed E-state index contributed by atoms with van der Waals surface area (Å²) in [5, 5.41) is 2.94. The second-order valence-corrected chi connectivity index (χ2v) is 8.24. The third-order valence-corrected chi connectivity index (χ3v) is 6.93. The van der Waals surface area contributed by atoms with E-state index in [2.05, 4.69) is 5.32 Å². The molecule has 10 heteroatoms. The number of hydrogen-bond acceptors (Lipinski definition) is 7. The Hall–Kier alpha value is -2.46. The maximum absolute atomic E-state index is 12.9. The fraction of sp³-hybridized carbons (Fsp3) is 0.474. The lowest BCUT2D eigenvalue weighted by atomic mass is 10.1. The molecule has 0 saturated carbocycles. The van der Waals surface area contributed by atoms with Gasteiger partial charge in [0.15, 0.2) is 0 Å². The Kier molecular flexibility index (Phi) is 7.37. The molecule has 0 atom stereocenters. The van der Waals surface area contributed by atoms with Gasteiger partial charge in [0, 0.05) is 25.8 Å². The lowest BCUT2D eigenvalue weighted by Gasteiger charge is -2.18. The third kappa shape index (κ3) is 4.43. The number of aromatic nitrogens is 1. The molecule has 0 aliphatic carbocycles. The third-order valence-electron chi connectivity index (χ3n) is 4.60. The number of thiophene rings is 1. The first-order chi connectivity index (χ1) is 13.7. The van der Waals surface area contributed by atoms with Gasteiger partial charge in [-0.05, 0) is 40.2 Å². The Balaban J connectivity index is 2.51. The van der Waals surface area contributed by atoms with Crippen molar-refractivity contribution in [2.75, 3.05) is 25.0 Å². The highest BCUT2D eigenvalue weighted by Crippen LogP contribution is 2.35. The molecular weight excluding hydrogens is 414 g/mol. The number of nitrogens with one attached hydrogen (secondary N) is 1. The number of carbonyl (C=O) groups excluding carboxylic acids is 3. The highest BCUT2D eigenvalue weighted by molar-refractivity contribution is 7.19. The van der Waals surface area contributed by atoms with E-state index < -0.39 is 11.9 Å². The molecule has 0 aromatic carbocycles. The topological polar surface area (TPSA) is 97.7 Å². The summed E-state index contributed by atoms with van der Waals surface area (Å²) in [4.78, 5) is 52.0. The molecule has 1 N–H and O–H groups in total. The van der Waals surface area contributed by atoms with Gasteiger partial charge in [-0.3, -0.25) is 14.4 Å². The van der Waals surface area contributed by atoms with Gasteiger partial charge in [0.1, 0.15) is 9.88 Å². The monoisotopic (exact) mass is 439 g/mol. The van der Waals surface area contributed by atoms with Crippen LogP contribution in [0.5, 0.6) is 0 Å². The average Bonchev–Trinajstić information content (AvgIpc) is 3.13. The molecule has 158 valence electrons. The van der Waals surface area contributed by atoms with E-state index in [1.165, 1.54) is 4.57 Å². The van der Waals surface area contributed by atoms with Gasteiger partial charge >= 0.3 is 10.8 Å². The van der Waals surface area contributed by atoms with E-state index in [0.717, 1.165) is 22.7 Å². The molecule has 0 radical (unpaired) electrons. The van der Waals surface area contributed by atoms with Gasteiger partial charge < -0.3 is 19.5 Å². The normalized spacial score (nSPS) is 10.7. The molecule has 2 rings (SSSR count). The number of esters is 1. The Bertz CT molecular complexity index is 998. The maximum Gasteiger partial charge on any atom is 0.341 e. The minimum atomic E-state index is -0.604. The number of rotatable bonds is 7. The van der Waals surface area contributed by atoms with Crippen molar-refractivity contribution in [2.45, 2.75) is 34.6 Å². The van der Waals surface area contributed by atoms with Crippen molar-refractivity contribution in [3.8, 4) is 0 Å². The molecule has 0 aliphatic rings. The quantitative estimate of drug-likeness (QED) is 0.669. The molecule has 2 aromatic rings. The van der Waals surface area contributed by atoms with E-state index >= 15 is 0 Å². The summed E-state index contributed by atoms with van der Waals surface area (Å²) in [7, 11) is 1.59. The predicted molar refractivity (Wildman–Crippen MR) is 115 cm³/mol. The van der Waals surface area contributed by atoms with E-state index in [9.17, 15) is 19.2 Å². The predicted octanol–water partition coefficient (Wildman–Crippen LogP) is 3.04. The van der Waals surface area contributed by atoms with Crippen LogP contribution >= 0.6 is 22.7 Å². The molecule has 0 fully saturated rings. The summed E-state index contributed by atoms with van der Waals surface area (Å²) in [6.45, 7) is 10.00. The summed E-state index contributed by atoms with van der Waals surface area (Å²) >= 11 is 1.87. The van der Waals surface area contributed by atoms with E-state index in [4.69, 9.17) is 4.74 Å². The molecule has 0 unspecified atom stereocenters. The van der Waals surface area contributed by atoms with Gasteiger partial charge in [0.25, 0.3) is 11.8 Å². The zero-order chi connectivity index (χ0) is 21.9. The van der Waals surface area contributed by atoms with Crippen LogP contribution in [-0.2, 0) is 11.8 Å². The van der Waals surface area contributed by atoms with Crippen LogP contribution in [0.25, 0.3) is 0 Å². The van der Waals surface area contributed by atoms with Crippen molar-refractivity contribution < 1.29 is 19.1 Å². The zero-order valence-electron chi connectivity index (χ0n) is 17.4. The van der Waals surface area contributed by atoms with Gasteiger partial charge in [-0.2, -0.15) is 0 Å². The van der Waals surface area contributed by atoms with Gasteiger partial charge in [-0.25, -0.2) is 4.79 Å². The lowest BCUT2D eigenvalue weighted by Crippen LogP contribution is -2.30. The van der Waals surface area contributed by atoms with Crippen molar-refractivity contribution in [1.29, 1.82) is 0 Å². The summed E-state index contributed by atoms with van der Waals surface area (Å²) in [5.74, 6) is -1.31. The molecule has 8 nitrogen and oxygen atoms in total. The Morgan fingerprint density at radius 3 is 2.17 bits per heavy atom. The summed E-state index contributed by atoms with van der Waals surface area (Å²) < 4.78 is 6.52.